The second kappa shape index (κ2) is 9.22. The third-order valence-corrected chi connectivity index (χ3v) is 7.63. The minimum Gasteiger partial charge on any atom is -0.313 e. The summed E-state index contributed by atoms with van der Waals surface area (Å²) in [5.74, 6) is -0.426. The molecule has 0 fully saturated rings. The highest BCUT2D eigenvalue weighted by molar-refractivity contribution is 7.91. The zero-order chi connectivity index (χ0) is 22.8. The molecule has 0 aliphatic carbocycles. The number of sulfone groups is 1. The van der Waals surface area contributed by atoms with Gasteiger partial charge in [-0.25, -0.2) is 8.42 Å². The Morgan fingerprint density at radius 1 is 1.03 bits per heavy atom. The number of fused-ring (bicyclic) bond motifs is 1. The van der Waals surface area contributed by atoms with Crippen molar-refractivity contribution < 1.29 is 18.0 Å². The molecule has 31 heavy (non-hydrogen) atoms. The van der Waals surface area contributed by atoms with Gasteiger partial charge in [-0.15, -0.1) is 0 Å². The summed E-state index contributed by atoms with van der Waals surface area (Å²) in [4.78, 5) is 28.4. The maximum atomic E-state index is 12.9. The van der Waals surface area contributed by atoms with Crippen molar-refractivity contribution in [3.63, 3.8) is 0 Å². The summed E-state index contributed by atoms with van der Waals surface area (Å²) in [6.45, 7) is 8.74. The Bertz CT molecular complexity index is 1110. The van der Waals surface area contributed by atoms with Gasteiger partial charge in [-0.2, -0.15) is 0 Å². The molecule has 1 aliphatic heterocycles. The predicted octanol–water partition coefficient (Wildman–Crippen LogP) is 3.82. The van der Waals surface area contributed by atoms with Gasteiger partial charge in [0.1, 0.15) is 0 Å². The van der Waals surface area contributed by atoms with Crippen LogP contribution in [-0.2, 0) is 25.8 Å². The van der Waals surface area contributed by atoms with Crippen molar-refractivity contribution in [1.29, 1.82) is 0 Å². The van der Waals surface area contributed by atoms with Crippen LogP contribution in [0.3, 0.4) is 0 Å². The van der Waals surface area contributed by atoms with E-state index in [4.69, 9.17) is 0 Å². The zero-order valence-corrected chi connectivity index (χ0v) is 19.5. The van der Waals surface area contributed by atoms with Crippen molar-refractivity contribution >= 4 is 33.0 Å². The average molecular weight is 443 g/mol. The van der Waals surface area contributed by atoms with Gasteiger partial charge in [-0.1, -0.05) is 13.0 Å². The SMILES string of the molecule is CCC(=O)N1CCc2cc(S(=O)(=O)CCC(=O)N(CC)c3ccc(C)c(C)c3)ccc21. The molecule has 1 aliphatic rings. The Labute approximate surface area is 184 Å². The second-order valence-electron chi connectivity index (χ2n) is 7.91. The first-order chi connectivity index (χ1) is 14.7. The number of carbonyl (C=O) groups excluding carboxylic acids is 2. The summed E-state index contributed by atoms with van der Waals surface area (Å²) in [5.41, 5.74) is 4.66. The molecule has 0 unspecified atom stereocenters. The van der Waals surface area contributed by atoms with Crippen LogP contribution >= 0.6 is 0 Å². The number of carbonyl (C=O) groups is 2. The molecule has 0 bridgehead atoms. The first-order valence-corrected chi connectivity index (χ1v) is 12.4. The maximum absolute atomic E-state index is 12.9. The highest BCUT2D eigenvalue weighted by atomic mass is 32.2. The number of anilines is 2. The molecular weight excluding hydrogens is 412 g/mol. The van der Waals surface area contributed by atoms with E-state index in [9.17, 15) is 18.0 Å². The largest absolute Gasteiger partial charge is 0.313 e. The molecule has 0 saturated heterocycles. The molecule has 1 heterocycles. The lowest BCUT2D eigenvalue weighted by Gasteiger charge is -2.22. The van der Waals surface area contributed by atoms with Crippen LogP contribution in [0.15, 0.2) is 41.3 Å². The van der Waals surface area contributed by atoms with Gasteiger partial charge in [0, 0.05) is 37.3 Å². The first-order valence-electron chi connectivity index (χ1n) is 10.7. The molecule has 0 atom stereocenters. The van der Waals surface area contributed by atoms with Crippen LogP contribution in [0.4, 0.5) is 11.4 Å². The van der Waals surface area contributed by atoms with Crippen LogP contribution in [0.1, 0.15) is 43.4 Å². The van der Waals surface area contributed by atoms with Gasteiger partial charge in [-0.05, 0) is 74.2 Å². The lowest BCUT2D eigenvalue weighted by molar-refractivity contribution is -0.119. The Hall–Kier alpha value is -2.67. The van der Waals surface area contributed by atoms with E-state index in [1.807, 2.05) is 45.9 Å². The van der Waals surface area contributed by atoms with Crippen molar-refractivity contribution in [1.82, 2.24) is 0 Å². The van der Waals surface area contributed by atoms with E-state index in [1.165, 1.54) is 0 Å². The summed E-state index contributed by atoms with van der Waals surface area (Å²) in [7, 11) is -3.61. The van der Waals surface area contributed by atoms with E-state index in [2.05, 4.69) is 0 Å². The first kappa shape index (κ1) is 23.0. The van der Waals surface area contributed by atoms with Crippen LogP contribution in [0.2, 0.25) is 0 Å². The molecule has 0 radical (unpaired) electrons. The number of benzene rings is 2. The number of rotatable bonds is 7. The summed E-state index contributed by atoms with van der Waals surface area (Å²) in [6, 6.07) is 10.7. The lowest BCUT2D eigenvalue weighted by atomic mass is 10.1. The van der Waals surface area contributed by atoms with Crippen LogP contribution in [0.25, 0.3) is 0 Å². The van der Waals surface area contributed by atoms with E-state index >= 15 is 0 Å². The van der Waals surface area contributed by atoms with Crippen LogP contribution in [0, 0.1) is 13.8 Å². The van der Waals surface area contributed by atoms with E-state index in [-0.39, 0.29) is 28.9 Å². The normalized spacial score (nSPS) is 13.2. The van der Waals surface area contributed by atoms with Crippen molar-refractivity contribution in [2.75, 3.05) is 28.6 Å². The van der Waals surface area contributed by atoms with E-state index < -0.39 is 9.84 Å². The quantitative estimate of drug-likeness (QED) is 0.653. The molecule has 2 aromatic carbocycles. The zero-order valence-electron chi connectivity index (χ0n) is 18.6. The van der Waals surface area contributed by atoms with Gasteiger partial charge < -0.3 is 9.80 Å². The molecule has 0 aromatic heterocycles. The Morgan fingerprint density at radius 3 is 2.42 bits per heavy atom. The fraction of sp³-hybridized carbons (Fsp3) is 0.417. The number of amides is 2. The van der Waals surface area contributed by atoms with Crippen molar-refractivity contribution in [2.45, 2.75) is 51.9 Å². The average Bonchev–Trinajstić information content (AvgIpc) is 3.18. The molecule has 0 spiro atoms. The van der Waals surface area contributed by atoms with E-state index in [0.717, 1.165) is 28.1 Å². The van der Waals surface area contributed by atoms with E-state index in [1.54, 1.807) is 28.0 Å². The minimum atomic E-state index is -3.61. The monoisotopic (exact) mass is 442 g/mol. The third kappa shape index (κ3) is 4.82. The standard InChI is InChI=1S/C24H30N2O4S/c1-5-23(27)26-13-11-19-16-21(9-10-22(19)26)31(29,30)14-12-24(28)25(6-2)20-8-7-17(3)18(4)15-20/h7-10,15-16H,5-6,11-14H2,1-4H3. The van der Waals surface area contributed by atoms with Crippen molar-refractivity contribution in [3.8, 4) is 0 Å². The predicted molar refractivity (Wildman–Crippen MR) is 123 cm³/mol. The molecule has 7 heteroatoms. The number of hydrogen-bond acceptors (Lipinski definition) is 4. The highest BCUT2D eigenvalue weighted by Gasteiger charge is 2.26. The summed E-state index contributed by atoms with van der Waals surface area (Å²) >= 11 is 0. The summed E-state index contributed by atoms with van der Waals surface area (Å²) < 4.78 is 25.8. The van der Waals surface area contributed by atoms with E-state index in [0.29, 0.717) is 25.9 Å². The lowest BCUT2D eigenvalue weighted by Crippen LogP contribution is -2.32. The Kier molecular flexibility index (Phi) is 6.84. The molecule has 2 amide bonds. The third-order valence-electron chi connectivity index (χ3n) is 5.91. The molecular formula is C24H30N2O4S. The van der Waals surface area contributed by atoms with Crippen LogP contribution in [-0.4, -0.2) is 39.1 Å². The smallest absolute Gasteiger partial charge is 0.228 e. The van der Waals surface area contributed by atoms with Gasteiger partial charge >= 0.3 is 0 Å². The number of aryl methyl sites for hydroxylation is 2. The fourth-order valence-electron chi connectivity index (χ4n) is 3.89. The van der Waals surface area contributed by atoms with Gasteiger partial charge in [0.15, 0.2) is 9.84 Å². The number of nitrogens with zero attached hydrogens (tertiary/aromatic N) is 2. The maximum Gasteiger partial charge on any atom is 0.228 e. The second-order valence-corrected chi connectivity index (χ2v) is 10.0. The molecule has 166 valence electrons. The molecule has 0 N–H and O–H groups in total. The summed E-state index contributed by atoms with van der Waals surface area (Å²) in [6.07, 6.45) is 0.969. The fourth-order valence-corrected chi connectivity index (χ4v) is 5.17. The minimum absolute atomic E-state index is 0.0333. The van der Waals surface area contributed by atoms with Gasteiger partial charge in [0.25, 0.3) is 0 Å². The van der Waals surface area contributed by atoms with Crippen LogP contribution < -0.4 is 9.80 Å². The molecule has 6 nitrogen and oxygen atoms in total. The van der Waals surface area contributed by atoms with Gasteiger partial charge in [-0.3, -0.25) is 9.59 Å². The van der Waals surface area contributed by atoms with Gasteiger partial charge in [0.05, 0.1) is 10.6 Å². The molecule has 2 aromatic rings. The number of hydrogen-bond donors (Lipinski definition) is 0. The van der Waals surface area contributed by atoms with Gasteiger partial charge in [0.2, 0.25) is 11.8 Å². The topological polar surface area (TPSA) is 74.8 Å². The highest BCUT2D eigenvalue weighted by Crippen LogP contribution is 2.31. The van der Waals surface area contributed by atoms with Crippen LogP contribution in [0.5, 0.6) is 0 Å². The van der Waals surface area contributed by atoms with Crippen molar-refractivity contribution in [2.24, 2.45) is 0 Å². The Balaban J connectivity index is 1.73. The Morgan fingerprint density at radius 2 is 1.77 bits per heavy atom. The summed E-state index contributed by atoms with van der Waals surface area (Å²) in [5, 5.41) is 0. The molecule has 3 rings (SSSR count). The molecule has 0 saturated carbocycles. The van der Waals surface area contributed by atoms with Crippen molar-refractivity contribution in [3.05, 3.63) is 53.1 Å².